The van der Waals surface area contributed by atoms with Crippen LogP contribution in [0.25, 0.3) is 17.3 Å². The zero-order chi connectivity index (χ0) is 19.6. The molecule has 0 bridgehead atoms. The van der Waals surface area contributed by atoms with Crippen molar-refractivity contribution in [1.29, 1.82) is 0 Å². The third-order valence-corrected chi connectivity index (χ3v) is 4.33. The van der Waals surface area contributed by atoms with E-state index in [2.05, 4.69) is 26.8 Å². The van der Waals surface area contributed by atoms with Crippen LogP contribution in [0.15, 0.2) is 49.1 Å². The van der Waals surface area contributed by atoms with Gasteiger partial charge in [-0.05, 0) is 57.4 Å². The van der Waals surface area contributed by atoms with Crippen molar-refractivity contribution in [2.45, 2.75) is 38.6 Å². The zero-order valence-electron chi connectivity index (χ0n) is 15.9. The van der Waals surface area contributed by atoms with E-state index in [-0.39, 0.29) is 0 Å². The lowest BCUT2D eigenvalue weighted by Crippen LogP contribution is -2.27. The summed E-state index contributed by atoms with van der Waals surface area (Å²) in [6.07, 6.45) is 14.2. The lowest BCUT2D eigenvalue weighted by atomic mass is 9.92. The number of carboxylic acid groups (broad SMARTS) is 1. The lowest BCUT2D eigenvalue weighted by molar-refractivity contribution is -0.131. The Morgan fingerprint density at radius 3 is 2.56 bits per heavy atom. The van der Waals surface area contributed by atoms with Crippen LogP contribution in [0.5, 0.6) is 0 Å². The van der Waals surface area contributed by atoms with E-state index in [0.29, 0.717) is 11.3 Å². The van der Waals surface area contributed by atoms with E-state index >= 15 is 0 Å². The molecule has 2 N–H and O–H groups in total. The molecule has 27 heavy (non-hydrogen) atoms. The molecule has 0 amide bonds. The van der Waals surface area contributed by atoms with E-state index < -0.39 is 5.97 Å². The fourth-order valence-corrected chi connectivity index (χ4v) is 2.77. The molecule has 0 radical (unpaired) electrons. The maximum absolute atomic E-state index is 10.4. The van der Waals surface area contributed by atoms with Crippen LogP contribution in [0.1, 0.15) is 36.9 Å². The SMILES string of the molecule is C=C1CCC(NC)CC1.Cc1cncc(-c2cncc(/C=C/C(=O)O)c2)n1. The number of rotatable bonds is 4. The van der Waals surface area contributed by atoms with Crippen LogP contribution in [-0.4, -0.2) is 39.1 Å². The summed E-state index contributed by atoms with van der Waals surface area (Å²) in [5, 5.41) is 11.9. The van der Waals surface area contributed by atoms with Gasteiger partial charge in [-0.3, -0.25) is 9.97 Å². The van der Waals surface area contributed by atoms with Crippen molar-refractivity contribution in [3.05, 3.63) is 60.3 Å². The normalized spacial score (nSPS) is 14.7. The van der Waals surface area contributed by atoms with Crippen molar-refractivity contribution in [1.82, 2.24) is 20.3 Å². The Morgan fingerprint density at radius 2 is 1.93 bits per heavy atom. The Bertz CT molecular complexity index is 807. The number of aromatic nitrogens is 3. The van der Waals surface area contributed by atoms with Gasteiger partial charge in [-0.2, -0.15) is 0 Å². The van der Waals surface area contributed by atoms with Crippen LogP contribution in [-0.2, 0) is 4.79 Å². The molecular formula is C21H26N4O2. The molecule has 1 saturated carbocycles. The lowest BCUT2D eigenvalue weighted by Gasteiger charge is -2.22. The van der Waals surface area contributed by atoms with Crippen LogP contribution in [0.4, 0.5) is 0 Å². The molecule has 1 fully saturated rings. The molecule has 0 saturated heterocycles. The maximum Gasteiger partial charge on any atom is 0.328 e. The number of carbonyl (C=O) groups is 1. The third kappa shape index (κ3) is 7.11. The minimum Gasteiger partial charge on any atom is -0.478 e. The smallest absolute Gasteiger partial charge is 0.328 e. The van der Waals surface area contributed by atoms with Gasteiger partial charge in [0.1, 0.15) is 0 Å². The fraction of sp³-hybridized carbons (Fsp3) is 0.333. The van der Waals surface area contributed by atoms with Crippen LogP contribution in [0.3, 0.4) is 0 Å². The van der Waals surface area contributed by atoms with E-state index in [9.17, 15) is 4.79 Å². The van der Waals surface area contributed by atoms with Gasteiger partial charge in [-0.1, -0.05) is 12.2 Å². The number of carboxylic acids is 1. The monoisotopic (exact) mass is 366 g/mol. The van der Waals surface area contributed by atoms with E-state index in [1.807, 2.05) is 20.0 Å². The highest BCUT2D eigenvalue weighted by atomic mass is 16.4. The number of aryl methyl sites for hydroxylation is 1. The average Bonchev–Trinajstić information content (AvgIpc) is 2.68. The van der Waals surface area contributed by atoms with Crippen LogP contribution >= 0.6 is 0 Å². The summed E-state index contributed by atoms with van der Waals surface area (Å²) in [6, 6.07) is 2.58. The first-order chi connectivity index (χ1) is 13.0. The Hall–Kier alpha value is -2.86. The summed E-state index contributed by atoms with van der Waals surface area (Å²) < 4.78 is 0. The topological polar surface area (TPSA) is 88.0 Å². The number of aliphatic carboxylic acids is 1. The largest absolute Gasteiger partial charge is 0.478 e. The van der Waals surface area contributed by atoms with Crippen molar-refractivity contribution in [3.63, 3.8) is 0 Å². The van der Waals surface area contributed by atoms with E-state index in [0.717, 1.165) is 23.4 Å². The molecular weight excluding hydrogens is 340 g/mol. The first kappa shape index (κ1) is 20.5. The first-order valence-electron chi connectivity index (χ1n) is 8.97. The predicted molar refractivity (Wildman–Crippen MR) is 107 cm³/mol. The number of hydrogen-bond donors (Lipinski definition) is 2. The second kappa shape index (κ2) is 10.3. The van der Waals surface area contributed by atoms with Crippen molar-refractivity contribution in [2.75, 3.05) is 7.05 Å². The molecule has 1 aliphatic carbocycles. The summed E-state index contributed by atoms with van der Waals surface area (Å²) in [4.78, 5) is 22.9. The summed E-state index contributed by atoms with van der Waals surface area (Å²) in [5.74, 6) is -0.990. The molecule has 0 aliphatic heterocycles. The van der Waals surface area contributed by atoms with Crippen molar-refractivity contribution < 1.29 is 9.90 Å². The average molecular weight is 366 g/mol. The molecule has 3 rings (SSSR count). The minimum atomic E-state index is -0.990. The van der Waals surface area contributed by atoms with Crippen molar-refractivity contribution >= 4 is 12.0 Å². The molecule has 0 atom stereocenters. The molecule has 2 aromatic rings. The molecule has 142 valence electrons. The molecule has 6 heteroatoms. The molecule has 6 nitrogen and oxygen atoms in total. The maximum atomic E-state index is 10.4. The van der Waals surface area contributed by atoms with Gasteiger partial charge >= 0.3 is 5.97 Å². The molecule has 0 unspecified atom stereocenters. The first-order valence-corrected chi connectivity index (χ1v) is 8.97. The van der Waals surface area contributed by atoms with E-state index in [1.54, 1.807) is 24.8 Å². The number of pyridine rings is 1. The Labute approximate surface area is 160 Å². The van der Waals surface area contributed by atoms with Gasteiger partial charge in [0.05, 0.1) is 17.6 Å². The van der Waals surface area contributed by atoms with Gasteiger partial charge in [0.2, 0.25) is 0 Å². The standard InChI is InChI=1S/C13H11N3O2.C8H15N/c1-9-5-14-8-12(16-9)11-4-10(6-15-7-11)2-3-13(17)18;1-7-3-5-8(9-2)6-4-7/h2-8H,1H3,(H,17,18);8-9H,1,3-6H2,2H3/b3-2+;. The Morgan fingerprint density at radius 1 is 1.22 bits per heavy atom. The van der Waals surface area contributed by atoms with E-state index in [1.165, 1.54) is 37.3 Å². The van der Waals surface area contributed by atoms with Crippen molar-refractivity contribution in [3.8, 4) is 11.3 Å². The molecule has 1 aliphatic rings. The number of allylic oxidation sites excluding steroid dienone is 1. The quantitative estimate of drug-likeness (QED) is 0.634. The molecule has 2 heterocycles. The van der Waals surface area contributed by atoms with Crippen LogP contribution < -0.4 is 5.32 Å². The Kier molecular flexibility index (Phi) is 7.82. The van der Waals surface area contributed by atoms with Gasteiger partial charge in [-0.25, -0.2) is 9.78 Å². The molecule has 0 spiro atoms. The van der Waals surface area contributed by atoms with Gasteiger partial charge in [0.25, 0.3) is 0 Å². The van der Waals surface area contributed by atoms with Gasteiger partial charge in [0, 0.05) is 36.3 Å². The summed E-state index contributed by atoms with van der Waals surface area (Å²) in [7, 11) is 2.04. The highest BCUT2D eigenvalue weighted by molar-refractivity contribution is 5.85. The number of nitrogens with one attached hydrogen (secondary N) is 1. The zero-order valence-corrected chi connectivity index (χ0v) is 15.9. The molecule has 0 aromatic carbocycles. The highest BCUT2D eigenvalue weighted by Crippen LogP contribution is 2.21. The number of hydrogen-bond acceptors (Lipinski definition) is 5. The second-order valence-corrected chi connectivity index (χ2v) is 6.54. The Balaban J connectivity index is 0.000000244. The van der Waals surface area contributed by atoms with Gasteiger partial charge in [0.15, 0.2) is 0 Å². The van der Waals surface area contributed by atoms with Gasteiger partial charge in [-0.15, -0.1) is 0 Å². The fourth-order valence-electron chi connectivity index (χ4n) is 2.77. The summed E-state index contributed by atoms with van der Waals surface area (Å²) >= 11 is 0. The molecule has 2 aromatic heterocycles. The minimum absolute atomic E-state index is 0.707. The summed E-state index contributed by atoms with van der Waals surface area (Å²) in [5.41, 5.74) is 4.48. The number of nitrogens with zero attached hydrogens (tertiary/aromatic N) is 3. The van der Waals surface area contributed by atoms with Crippen LogP contribution in [0.2, 0.25) is 0 Å². The highest BCUT2D eigenvalue weighted by Gasteiger charge is 2.12. The van der Waals surface area contributed by atoms with E-state index in [4.69, 9.17) is 5.11 Å². The second-order valence-electron chi connectivity index (χ2n) is 6.54. The summed E-state index contributed by atoms with van der Waals surface area (Å²) in [6.45, 7) is 5.81. The van der Waals surface area contributed by atoms with Crippen molar-refractivity contribution in [2.24, 2.45) is 0 Å². The third-order valence-electron chi connectivity index (χ3n) is 4.33. The van der Waals surface area contributed by atoms with Gasteiger partial charge < -0.3 is 10.4 Å². The predicted octanol–water partition coefficient (Wildman–Crippen LogP) is 3.65. The van der Waals surface area contributed by atoms with Crippen LogP contribution in [0, 0.1) is 6.92 Å².